The molecule has 3 nitrogen and oxygen atoms in total. The van der Waals surface area contributed by atoms with Crippen LogP contribution in [-0.2, 0) is 12.8 Å². The average molecular weight is 426 g/mol. The highest BCUT2D eigenvalue weighted by Crippen LogP contribution is 2.39. The number of nitrogens with zero attached hydrogens (tertiary/aromatic N) is 2. The first kappa shape index (κ1) is 17.9. The second-order valence-corrected chi connectivity index (χ2v) is 8.69. The Morgan fingerprint density at radius 2 is 1.79 bits per heavy atom. The van der Waals surface area contributed by atoms with Gasteiger partial charge in [-0.05, 0) is 60.6 Å². The zero-order valence-electron chi connectivity index (χ0n) is 15.0. The first-order valence-corrected chi connectivity index (χ1v) is 10.9. The van der Waals surface area contributed by atoms with Crippen molar-refractivity contribution < 1.29 is 0 Å². The van der Waals surface area contributed by atoms with Gasteiger partial charge in [-0.2, -0.15) is 0 Å². The molecule has 0 unspecified atom stereocenters. The fourth-order valence-corrected chi connectivity index (χ4v) is 5.17. The minimum Gasteiger partial charge on any atom is -0.338 e. The van der Waals surface area contributed by atoms with Gasteiger partial charge in [-0.15, -0.1) is 11.3 Å². The Balaban J connectivity index is 1.61. The Hall–Kier alpha value is -2.14. The largest absolute Gasteiger partial charge is 0.338 e. The predicted octanol–water partition coefficient (Wildman–Crippen LogP) is 7.29. The number of rotatable bonds is 3. The van der Waals surface area contributed by atoms with Crippen molar-refractivity contribution in [2.24, 2.45) is 0 Å². The van der Waals surface area contributed by atoms with Gasteiger partial charge in [0, 0.05) is 16.0 Å². The van der Waals surface area contributed by atoms with Gasteiger partial charge in [-0.3, -0.25) is 0 Å². The molecule has 0 atom stereocenters. The standard InChI is InChI=1S/C22H17Cl2N3S/c23-16-7-8-19(18(24)10-16)27-21-20-17(11-28-22(20)26-12-25-21)15-6-5-13-3-1-2-4-14(13)9-15/h5-12H,1-4H2,(H,25,26,27). The molecule has 1 aliphatic rings. The summed E-state index contributed by atoms with van der Waals surface area (Å²) in [6.45, 7) is 0. The number of hydrogen-bond donors (Lipinski definition) is 1. The van der Waals surface area contributed by atoms with Crippen LogP contribution in [0.5, 0.6) is 0 Å². The summed E-state index contributed by atoms with van der Waals surface area (Å²) in [5.74, 6) is 0.753. The number of halogens is 2. The van der Waals surface area contributed by atoms with E-state index in [1.807, 2.05) is 12.1 Å². The Kier molecular flexibility index (Phi) is 4.71. The zero-order chi connectivity index (χ0) is 19.1. The van der Waals surface area contributed by atoms with E-state index in [9.17, 15) is 0 Å². The molecule has 0 fully saturated rings. The molecule has 0 amide bonds. The molecular formula is C22H17Cl2N3S. The summed E-state index contributed by atoms with van der Waals surface area (Å²) in [6, 6.07) is 12.2. The molecule has 28 heavy (non-hydrogen) atoms. The summed E-state index contributed by atoms with van der Waals surface area (Å²) in [7, 11) is 0. The maximum atomic E-state index is 6.35. The Morgan fingerprint density at radius 1 is 0.929 bits per heavy atom. The molecule has 0 saturated heterocycles. The van der Waals surface area contributed by atoms with Crippen molar-refractivity contribution in [2.45, 2.75) is 25.7 Å². The maximum Gasteiger partial charge on any atom is 0.143 e. The lowest BCUT2D eigenvalue weighted by Gasteiger charge is -2.16. The molecule has 0 bridgehead atoms. The van der Waals surface area contributed by atoms with Gasteiger partial charge in [-0.1, -0.05) is 41.4 Å². The number of aromatic nitrogens is 2. The molecule has 5 rings (SSSR count). The van der Waals surface area contributed by atoms with E-state index < -0.39 is 0 Å². The van der Waals surface area contributed by atoms with E-state index in [0.29, 0.717) is 10.0 Å². The van der Waals surface area contributed by atoms with Gasteiger partial charge in [0.25, 0.3) is 0 Å². The van der Waals surface area contributed by atoms with E-state index in [1.165, 1.54) is 36.0 Å². The van der Waals surface area contributed by atoms with Gasteiger partial charge in [0.2, 0.25) is 0 Å². The Morgan fingerprint density at radius 3 is 2.64 bits per heavy atom. The summed E-state index contributed by atoms with van der Waals surface area (Å²) in [5, 5.41) is 7.72. The number of fused-ring (bicyclic) bond motifs is 2. The van der Waals surface area contributed by atoms with Crippen LogP contribution in [0.15, 0.2) is 48.1 Å². The van der Waals surface area contributed by atoms with E-state index in [-0.39, 0.29) is 0 Å². The molecule has 0 spiro atoms. The van der Waals surface area contributed by atoms with Crippen LogP contribution in [-0.4, -0.2) is 9.97 Å². The second-order valence-electron chi connectivity index (χ2n) is 6.99. The van der Waals surface area contributed by atoms with Crippen molar-refractivity contribution in [1.29, 1.82) is 0 Å². The third-order valence-corrected chi connectivity index (χ3v) is 6.65. The van der Waals surface area contributed by atoms with Crippen molar-refractivity contribution in [3.63, 3.8) is 0 Å². The van der Waals surface area contributed by atoms with E-state index in [2.05, 4.69) is 38.9 Å². The molecule has 1 aliphatic carbocycles. The molecule has 0 radical (unpaired) electrons. The lowest BCUT2D eigenvalue weighted by atomic mass is 9.89. The van der Waals surface area contributed by atoms with Gasteiger partial charge in [0.1, 0.15) is 17.0 Å². The first-order valence-electron chi connectivity index (χ1n) is 9.25. The number of anilines is 2. The number of aryl methyl sites for hydroxylation is 2. The van der Waals surface area contributed by atoms with E-state index in [1.54, 1.807) is 23.7 Å². The molecule has 0 aliphatic heterocycles. The summed E-state index contributed by atoms with van der Waals surface area (Å²) < 4.78 is 0. The topological polar surface area (TPSA) is 37.8 Å². The second kappa shape index (κ2) is 7.36. The average Bonchev–Trinajstić information content (AvgIpc) is 3.15. The van der Waals surface area contributed by atoms with Crippen LogP contribution in [0.3, 0.4) is 0 Å². The molecule has 140 valence electrons. The highest BCUT2D eigenvalue weighted by molar-refractivity contribution is 7.17. The Labute approximate surface area is 177 Å². The predicted molar refractivity (Wildman–Crippen MR) is 119 cm³/mol. The molecular weight excluding hydrogens is 409 g/mol. The SMILES string of the molecule is Clc1ccc(Nc2ncnc3scc(-c4ccc5c(c4)CCCC5)c23)c(Cl)c1. The van der Waals surface area contributed by atoms with Crippen molar-refractivity contribution in [3.05, 3.63) is 69.3 Å². The van der Waals surface area contributed by atoms with Gasteiger partial charge >= 0.3 is 0 Å². The lowest BCUT2D eigenvalue weighted by molar-refractivity contribution is 0.686. The monoisotopic (exact) mass is 425 g/mol. The third kappa shape index (κ3) is 3.26. The van der Waals surface area contributed by atoms with Gasteiger partial charge < -0.3 is 5.32 Å². The fourth-order valence-electron chi connectivity index (χ4n) is 3.80. The maximum absolute atomic E-state index is 6.35. The quantitative estimate of drug-likeness (QED) is 0.374. The Bertz CT molecular complexity index is 1190. The van der Waals surface area contributed by atoms with Crippen LogP contribution in [0.2, 0.25) is 10.0 Å². The highest BCUT2D eigenvalue weighted by atomic mass is 35.5. The lowest BCUT2D eigenvalue weighted by Crippen LogP contribution is -2.02. The van der Waals surface area contributed by atoms with Crippen LogP contribution < -0.4 is 5.32 Å². The van der Waals surface area contributed by atoms with Crippen molar-refractivity contribution >= 4 is 56.3 Å². The number of hydrogen-bond acceptors (Lipinski definition) is 4. The minimum absolute atomic E-state index is 0.560. The zero-order valence-corrected chi connectivity index (χ0v) is 17.3. The van der Waals surface area contributed by atoms with Crippen LogP contribution in [0.4, 0.5) is 11.5 Å². The van der Waals surface area contributed by atoms with E-state index in [0.717, 1.165) is 33.7 Å². The molecule has 2 heterocycles. The molecule has 2 aromatic heterocycles. The first-order chi connectivity index (χ1) is 13.7. The number of nitrogens with one attached hydrogen (secondary N) is 1. The molecule has 2 aromatic carbocycles. The van der Waals surface area contributed by atoms with Crippen molar-refractivity contribution in [3.8, 4) is 11.1 Å². The van der Waals surface area contributed by atoms with Crippen molar-refractivity contribution in [1.82, 2.24) is 9.97 Å². The van der Waals surface area contributed by atoms with E-state index >= 15 is 0 Å². The molecule has 0 saturated carbocycles. The summed E-state index contributed by atoms with van der Waals surface area (Å²) in [6.07, 6.45) is 6.49. The molecule has 4 aromatic rings. The summed E-state index contributed by atoms with van der Waals surface area (Å²) in [4.78, 5) is 9.93. The normalized spacial score (nSPS) is 13.5. The minimum atomic E-state index is 0.560. The number of thiophene rings is 1. The van der Waals surface area contributed by atoms with Gasteiger partial charge in [0.05, 0.1) is 16.1 Å². The van der Waals surface area contributed by atoms with Gasteiger partial charge in [0.15, 0.2) is 0 Å². The number of benzene rings is 2. The summed E-state index contributed by atoms with van der Waals surface area (Å²) >= 11 is 14.0. The van der Waals surface area contributed by atoms with Crippen LogP contribution >= 0.6 is 34.5 Å². The van der Waals surface area contributed by atoms with Crippen LogP contribution in [0, 0.1) is 0 Å². The van der Waals surface area contributed by atoms with Gasteiger partial charge in [-0.25, -0.2) is 9.97 Å². The smallest absolute Gasteiger partial charge is 0.143 e. The van der Waals surface area contributed by atoms with Crippen molar-refractivity contribution in [2.75, 3.05) is 5.32 Å². The molecule has 6 heteroatoms. The van der Waals surface area contributed by atoms with Crippen LogP contribution in [0.25, 0.3) is 21.3 Å². The fraction of sp³-hybridized carbons (Fsp3) is 0.182. The van der Waals surface area contributed by atoms with Crippen LogP contribution in [0.1, 0.15) is 24.0 Å². The highest BCUT2D eigenvalue weighted by Gasteiger charge is 2.16. The molecule has 1 N–H and O–H groups in total. The third-order valence-electron chi connectivity index (χ3n) is 5.21. The summed E-state index contributed by atoms with van der Waals surface area (Å²) in [5.41, 5.74) is 6.09. The van der Waals surface area contributed by atoms with E-state index in [4.69, 9.17) is 23.2 Å².